The molecule has 108 valence electrons. The van der Waals surface area contributed by atoms with Crippen molar-refractivity contribution in [3.05, 3.63) is 35.1 Å². The van der Waals surface area contributed by atoms with Gasteiger partial charge < -0.3 is 4.90 Å². The first kappa shape index (κ1) is 13.7. The molecule has 0 spiro atoms. The van der Waals surface area contributed by atoms with Crippen LogP contribution in [0.4, 0.5) is 4.39 Å². The van der Waals surface area contributed by atoms with Crippen molar-refractivity contribution in [1.82, 2.24) is 4.90 Å². The van der Waals surface area contributed by atoms with E-state index in [2.05, 4.69) is 4.90 Å². The molecule has 1 aromatic carbocycles. The molecule has 2 atom stereocenters. The van der Waals surface area contributed by atoms with Crippen molar-refractivity contribution >= 4 is 5.78 Å². The summed E-state index contributed by atoms with van der Waals surface area (Å²) in [7, 11) is 0. The highest BCUT2D eigenvalue weighted by Crippen LogP contribution is 2.37. The number of Topliss-reactive ketones (excluding diaryl/α,β-unsaturated/α-hetero) is 1. The first-order chi connectivity index (χ1) is 9.63. The third kappa shape index (κ3) is 2.78. The van der Waals surface area contributed by atoms with Crippen LogP contribution >= 0.6 is 0 Å². The first-order valence-electron chi connectivity index (χ1n) is 7.65. The summed E-state index contributed by atoms with van der Waals surface area (Å²) in [5, 5.41) is 0. The average Bonchev–Trinajstić information content (AvgIpc) is 3.00. The second-order valence-electron chi connectivity index (χ2n) is 6.35. The number of benzene rings is 1. The van der Waals surface area contributed by atoms with Crippen LogP contribution in [0, 0.1) is 24.6 Å². The van der Waals surface area contributed by atoms with Crippen molar-refractivity contribution in [2.45, 2.75) is 32.6 Å². The fourth-order valence-electron chi connectivity index (χ4n) is 3.69. The van der Waals surface area contributed by atoms with Crippen LogP contribution in [0.5, 0.6) is 0 Å². The van der Waals surface area contributed by atoms with E-state index < -0.39 is 0 Å². The van der Waals surface area contributed by atoms with Gasteiger partial charge in [-0.05, 0) is 43.2 Å². The van der Waals surface area contributed by atoms with Crippen LogP contribution in [0.15, 0.2) is 18.2 Å². The molecule has 0 aromatic heterocycles. The summed E-state index contributed by atoms with van der Waals surface area (Å²) < 4.78 is 13.5. The minimum atomic E-state index is -0.286. The highest BCUT2D eigenvalue weighted by atomic mass is 19.1. The Hall–Kier alpha value is -1.22. The highest BCUT2D eigenvalue weighted by Gasteiger charge is 2.35. The molecule has 1 aliphatic heterocycles. The molecular weight excluding hydrogens is 253 g/mol. The van der Waals surface area contributed by atoms with Crippen molar-refractivity contribution in [3.8, 4) is 0 Å². The molecule has 1 heterocycles. The molecule has 1 saturated heterocycles. The summed E-state index contributed by atoms with van der Waals surface area (Å²) in [6.45, 7) is 4.84. The van der Waals surface area contributed by atoms with Gasteiger partial charge in [-0.1, -0.05) is 18.6 Å². The maximum atomic E-state index is 13.5. The molecule has 3 heteroatoms. The van der Waals surface area contributed by atoms with E-state index in [1.807, 2.05) is 0 Å². The Bertz CT molecular complexity index is 502. The van der Waals surface area contributed by atoms with E-state index >= 15 is 0 Å². The molecule has 20 heavy (non-hydrogen) atoms. The summed E-state index contributed by atoms with van der Waals surface area (Å²) in [6.07, 6.45) is 4.60. The molecule has 1 aliphatic carbocycles. The Balaban J connectivity index is 1.53. The first-order valence-corrected chi connectivity index (χ1v) is 7.65. The second kappa shape index (κ2) is 5.65. The maximum absolute atomic E-state index is 13.5. The number of rotatable bonds is 4. The van der Waals surface area contributed by atoms with E-state index in [1.165, 1.54) is 25.3 Å². The van der Waals surface area contributed by atoms with Crippen molar-refractivity contribution in [1.29, 1.82) is 0 Å². The number of aryl methyl sites for hydroxylation is 1. The van der Waals surface area contributed by atoms with E-state index in [9.17, 15) is 9.18 Å². The zero-order chi connectivity index (χ0) is 14.1. The Morgan fingerprint density at radius 3 is 2.65 bits per heavy atom. The average molecular weight is 275 g/mol. The van der Waals surface area contributed by atoms with Gasteiger partial charge in [0.2, 0.25) is 0 Å². The molecule has 0 N–H and O–H groups in total. The van der Waals surface area contributed by atoms with Crippen LogP contribution in [-0.4, -0.2) is 30.3 Å². The smallest absolute Gasteiger partial charge is 0.164 e. The topological polar surface area (TPSA) is 20.3 Å². The zero-order valence-corrected chi connectivity index (χ0v) is 12.1. The summed E-state index contributed by atoms with van der Waals surface area (Å²) in [5.74, 6) is 1.50. The van der Waals surface area contributed by atoms with Gasteiger partial charge in [-0.15, -0.1) is 0 Å². The quantitative estimate of drug-likeness (QED) is 0.785. The summed E-state index contributed by atoms with van der Waals surface area (Å²) in [4.78, 5) is 14.5. The number of carbonyl (C=O) groups excluding carboxylic acids is 1. The maximum Gasteiger partial charge on any atom is 0.164 e. The molecule has 2 unspecified atom stereocenters. The van der Waals surface area contributed by atoms with Crippen molar-refractivity contribution < 1.29 is 9.18 Å². The van der Waals surface area contributed by atoms with Gasteiger partial charge in [0.15, 0.2) is 5.78 Å². The number of nitrogens with zero attached hydrogens (tertiary/aromatic N) is 1. The van der Waals surface area contributed by atoms with Gasteiger partial charge in [0.1, 0.15) is 5.82 Å². The van der Waals surface area contributed by atoms with Crippen LogP contribution in [0.25, 0.3) is 0 Å². The van der Waals surface area contributed by atoms with Crippen LogP contribution in [0.2, 0.25) is 0 Å². The number of fused-ring (bicyclic) bond motifs is 1. The van der Waals surface area contributed by atoms with Crippen LogP contribution in [0.1, 0.15) is 41.6 Å². The zero-order valence-electron chi connectivity index (χ0n) is 12.1. The summed E-state index contributed by atoms with van der Waals surface area (Å²) in [6, 6.07) is 4.79. The Morgan fingerprint density at radius 2 is 2.00 bits per heavy atom. The second-order valence-corrected chi connectivity index (χ2v) is 6.35. The molecule has 2 aliphatic rings. The summed E-state index contributed by atoms with van der Waals surface area (Å²) in [5.41, 5.74) is 1.10. The monoisotopic (exact) mass is 275 g/mol. The minimum absolute atomic E-state index is 0.0564. The molecule has 0 bridgehead atoms. The van der Waals surface area contributed by atoms with Gasteiger partial charge in [-0.2, -0.15) is 0 Å². The molecule has 0 amide bonds. The minimum Gasteiger partial charge on any atom is -0.302 e. The normalized spacial score (nSPS) is 25.9. The van der Waals surface area contributed by atoms with Crippen LogP contribution in [0.3, 0.4) is 0 Å². The van der Waals surface area contributed by atoms with E-state index in [0.717, 1.165) is 31.5 Å². The number of hydrogen-bond donors (Lipinski definition) is 0. The van der Waals surface area contributed by atoms with Gasteiger partial charge in [0.05, 0.1) is 0 Å². The van der Waals surface area contributed by atoms with Crippen molar-refractivity contribution in [3.63, 3.8) is 0 Å². The molecule has 1 aromatic rings. The Morgan fingerprint density at radius 1 is 1.30 bits per heavy atom. The number of carbonyl (C=O) groups is 1. The van der Waals surface area contributed by atoms with Gasteiger partial charge in [0, 0.05) is 31.6 Å². The van der Waals surface area contributed by atoms with Gasteiger partial charge in [-0.25, -0.2) is 4.39 Å². The van der Waals surface area contributed by atoms with Crippen molar-refractivity contribution in [2.24, 2.45) is 11.8 Å². The molecular formula is C17H22FNO. The van der Waals surface area contributed by atoms with Crippen molar-refractivity contribution in [2.75, 3.05) is 19.6 Å². The lowest BCUT2D eigenvalue weighted by Crippen LogP contribution is -2.24. The van der Waals surface area contributed by atoms with E-state index in [-0.39, 0.29) is 11.6 Å². The third-order valence-electron chi connectivity index (χ3n) is 4.95. The summed E-state index contributed by atoms with van der Waals surface area (Å²) >= 11 is 0. The Labute approximate surface area is 120 Å². The number of halogens is 1. The lowest BCUT2D eigenvalue weighted by molar-refractivity contribution is 0.0967. The standard InChI is InChI=1S/C17H22FNO/c1-12-5-6-13(9-16(12)18)17(20)7-8-19-10-14-3-2-4-15(14)11-19/h5-6,9,14-15H,2-4,7-8,10-11H2,1H3. The molecule has 2 fully saturated rings. The highest BCUT2D eigenvalue weighted by molar-refractivity contribution is 5.96. The third-order valence-corrected chi connectivity index (χ3v) is 4.95. The fourth-order valence-corrected chi connectivity index (χ4v) is 3.69. The van der Waals surface area contributed by atoms with Crippen LogP contribution in [-0.2, 0) is 0 Å². The predicted molar refractivity (Wildman–Crippen MR) is 77.4 cm³/mol. The molecule has 1 saturated carbocycles. The van der Waals surface area contributed by atoms with E-state index in [4.69, 9.17) is 0 Å². The number of likely N-dealkylation sites (tertiary alicyclic amines) is 1. The van der Waals surface area contributed by atoms with Gasteiger partial charge in [0.25, 0.3) is 0 Å². The lowest BCUT2D eigenvalue weighted by atomic mass is 10.0. The number of hydrogen-bond acceptors (Lipinski definition) is 2. The number of ketones is 1. The van der Waals surface area contributed by atoms with Gasteiger partial charge >= 0.3 is 0 Å². The SMILES string of the molecule is Cc1ccc(C(=O)CCN2CC3CCCC3C2)cc1F. The molecule has 3 rings (SSSR count). The molecule has 0 radical (unpaired) electrons. The van der Waals surface area contributed by atoms with Crippen LogP contribution < -0.4 is 0 Å². The molecule has 2 nitrogen and oxygen atoms in total. The lowest BCUT2D eigenvalue weighted by Gasteiger charge is -2.16. The Kier molecular flexibility index (Phi) is 3.88. The fraction of sp³-hybridized carbons (Fsp3) is 0.588. The predicted octanol–water partition coefficient (Wildman–Crippen LogP) is 3.44. The van der Waals surface area contributed by atoms with Gasteiger partial charge in [-0.3, -0.25) is 4.79 Å². The largest absolute Gasteiger partial charge is 0.302 e. The van der Waals surface area contributed by atoms with E-state index in [1.54, 1.807) is 19.1 Å². The van der Waals surface area contributed by atoms with E-state index in [0.29, 0.717) is 17.5 Å².